The van der Waals surface area contributed by atoms with Crippen LogP contribution in [0.5, 0.6) is 0 Å². The van der Waals surface area contributed by atoms with Crippen LogP contribution in [0, 0.1) is 0 Å². The first kappa shape index (κ1) is 13.5. The summed E-state index contributed by atoms with van der Waals surface area (Å²) in [6.07, 6.45) is -0.948. The molecule has 88 valence electrons. The molecule has 0 amide bonds. The third kappa shape index (κ3) is 3.47. The number of hydrogen-bond donors (Lipinski definition) is 1. The van der Waals surface area contributed by atoms with Crippen molar-refractivity contribution in [3.05, 3.63) is 34.9 Å². The highest BCUT2D eigenvalue weighted by Gasteiger charge is 2.26. The molecule has 1 N–H and O–H groups in total. The Balaban J connectivity index is 2.73. The molecule has 0 fully saturated rings. The Hall–Kier alpha value is -0.580. The summed E-state index contributed by atoms with van der Waals surface area (Å²) in [5, 5.41) is 10.5. The van der Waals surface area contributed by atoms with Crippen molar-refractivity contribution in [2.75, 3.05) is 6.61 Å². The van der Waals surface area contributed by atoms with Gasteiger partial charge in [-0.3, -0.25) is 4.79 Å². The average molecular weight is 308 g/mol. The number of ether oxygens (including phenoxy) is 1. The summed E-state index contributed by atoms with van der Waals surface area (Å²) >= 11 is 8.83. The fraction of sp³-hybridized carbons (Fsp3) is 0.364. The molecule has 1 rings (SSSR count). The maximum absolute atomic E-state index is 11.4. The van der Waals surface area contributed by atoms with Crippen LogP contribution in [0.3, 0.4) is 0 Å². The first-order valence-corrected chi connectivity index (χ1v) is 6.10. The van der Waals surface area contributed by atoms with Crippen LogP contribution in [0.2, 0.25) is 5.02 Å². The lowest BCUT2D eigenvalue weighted by atomic mass is 10.1. The van der Waals surface area contributed by atoms with E-state index in [-0.39, 0.29) is 6.61 Å². The second kappa shape index (κ2) is 6.23. The van der Waals surface area contributed by atoms with Gasteiger partial charge in [0.15, 0.2) is 0 Å². The predicted molar refractivity (Wildman–Crippen MR) is 65.8 cm³/mol. The van der Waals surface area contributed by atoms with Crippen molar-refractivity contribution in [3.63, 3.8) is 0 Å². The van der Waals surface area contributed by atoms with E-state index in [9.17, 15) is 9.90 Å². The Labute approximate surface area is 107 Å². The van der Waals surface area contributed by atoms with Crippen molar-refractivity contribution in [1.29, 1.82) is 0 Å². The average Bonchev–Trinajstić information content (AvgIpc) is 2.28. The van der Waals surface area contributed by atoms with Crippen molar-refractivity contribution in [2.24, 2.45) is 0 Å². The molecule has 0 radical (unpaired) electrons. The smallest absolute Gasteiger partial charge is 0.322 e. The second-order valence-corrected chi connectivity index (χ2v) is 4.57. The van der Waals surface area contributed by atoms with Crippen LogP contribution in [0.25, 0.3) is 0 Å². The topological polar surface area (TPSA) is 46.5 Å². The van der Waals surface area contributed by atoms with Gasteiger partial charge >= 0.3 is 5.97 Å². The molecular weight excluding hydrogens is 295 g/mol. The number of rotatable bonds is 4. The van der Waals surface area contributed by atoms with Gasteiger partial charge in [0.2, 0.25) is 0 Å². The lowest BCUT2D eigenvalue weighted by Gasteiger charge is -2.16. The number of halogens is 2. The molecule has 16 heavy (non-hydrogen) atoms. The summed E-state index contributed by atoms with van der Waals surface area (Å²) in [5.74, 6) is -0.482. The normalized spacial score (nSPS) is 14.2. The van der Waals surface area contributed by atoms with Gasteiger partial charge in [0.05, 0.1) is 6.61 Å². The monoisotopic (exact) mass is 306 g/mol. The van der Waals surface area contributed by atoms with E-state index in [0.29, 0.717) is 10.6 Å². The number of carbonyl (C=O) groups is 1. The molecule has 0 bridgehead atoms. The lowest BCUT2D eigenvalue weighted by Crippen LogP contribution is -2.24. The largest absolute Gasteiger partial charge is 0.465 e. The van der Waals surface area contributed by atoms with Crippen LogP contribution in [0.15, 0.2) is 24.3 Å². The predicted octanol–water partition coefficient (Wildman–Crippen LogP) is 2.70. The fourth-order valence-electron chi connectivity index (χ4n) is 1.18. The molecule has 0 aromatic heterocycles. The first-order chi connectivity index (χ1) is 7.56. The number of esters is 1. The molecule has 0 spiro atoms. The van der Waals surface area contributed by atoms with Crippen molar-refractivity contribution in [3.8, 4) is 0 Å². The molecule has 2 atom stereocenters. The third-order valence-electron chi connectivity index (χ3n) is 2.00. The minimum Gasteiger partial charge on any atom is -0.465 e. The second-order valence-electron chi connectivity index (χ2n) is 3.15. The van der Waals surface area contributed by atoms with E-state index in [4.69, 9.17) is 16.3 Å². The highest BCUT2D eigenvalue weighted by molar-refractivity contribution is 9.10. The zero-order valence-electron chi connectivity index (χ0n) is 8.69. The van der Waals surface area contributed by atoms with E-state index in [1.807, 2.05) is 0 Å². The number of aliphatic hydroxyl groups excluding tert-OH is 1. The highest BCUT2D eigenvalue weighted by atomic mass is 79.9. The van der Waals surface area contributed by atoms with Gasteiger partial charge in [-0.25, -0.2) is 0 Å². The molecule has 0 aliphatic heterocycles. The Kier molecular flexibility index (Phi) is 5.25. The van der Waals surface area contributed by atoms with Crippen molar-refractivity contribution in [1.82, 2.24) is 0 Å². The van der Waals surface area contributed by atoms with Gasteiger partial charge in [0.25, 0.3) is 0 Å². The van der Waals surface area contributed by atoms with Gasteiger partial charge in [0.1, 0.15) is 10.9 Å². The summed E-state index contributed by atoms with van der Waals surface area (Å²) in [5.41, 5.74) is 0.610. The van der Waals surface area contributed by atoms with Gasteiger partial charge in [-0.15, -0.1) is 0 Å². The van der Waals surface area contributed by atoms with Gasteiger partial charge in [-0.1, -0.05) is 39.7 Å². The maximum Gasteiger partial charge on any atom is 0.322 e. The van der Waals surface area contributed by atoms with Gasteiger partial charge in [-0.2, -0.15) is 0 Å². The van der Waals surface area contributed by atoms with Crippen LogP contribution in [-0.4, -0.2) is 22.5 Å². The molecule has 0 saturated heterocycles. The Morgan fingerprint density at radius 3 is 2.56 bits per heavy atom. The minimum absolute atomic E-state index is 0.286. The Morgan fingerprint density at radius 2 is 2.06 bits per heavy atom. The molecule has 5 heteroatoms. The minimum atomic E-state index is -0.948. The van der Waals surface area contributed by atoms with E-state index in [1.165, 1.54) is 0 Å². The van der Waals surface area contributed by atoms with Crippen molar-refractivity contribution in [2.45, 2.75) is 17.9 Å². The molecule has 0 heterocycles. The SMILES string of the molecule is CCOC(=O)[C@H](Br)[C@H](O)c1ccc(Cl)cc1. The van der Waals surface area contributed by atoms with Gasteiger partial charge < -0.3 is 9.84 Å². The maximum atomic E-state index is 11.4. The quantitative estimate of drug-likeness (QED) is 0.687. The third-order valence-corrected chi connectivity index (χ3v) is 3.13. The summed E-state index contributed by atoms with van der Waals surface area (Å²) in [4.78, 5) is 10.6. The van der Waals surface area contributed by atoms with Gasteiger partial charge in [0, 0.05) is 5.02 Å². The number of carbonyl (C=O) groups excluding carboxylic acids is 1. The van der Waals surface area contributed by atoms with Gasteiger partial charge in [-0.05, 0) is 24.6 Å². The Bertz CT molecular complexity index is 353. The van der Waals surface area contributed by atoms with Crippen LogP contribution in [0.4, 0.5) is 0 Å². The zero-order valence-corrected chi connectivity index (χ0v) is 11.0. The van der Waals surface area contributed by atoms with Crippen molar-refractivity contribution < 1.29 is 14.6 Å². The van der Waals surface area contributed by atoms with Crippen molar-refractivity contribution >= 4 is 33.5 Å². The van der Waals surface area contributed by atoms with Crippen LogP contribution in [0.1, 0.15) is 18.6 Å². The summed E-state index contributed by atoms with van der Waals surface area (Å²) in [6.45, 7) is 2.00. The molecule has 0 saturated carbocycles. The molecule has 3 nitrogen and oxygen atoms in total. The molecular formula is C11H12BrClO3. The molecule has 0 aliphatic carbocycles. The standard InChI is InChI=1S/C11H12BrClO3/c1-2-16-11(15)9(12)10(14)7-3-5-8(13)6-4-7/h3-6,9-10,14H,2H2,1H3/t9-,10-/m1/s1. The lowest BCUT2D eigenvalue weighted by molar-refractivity contribution is -0.144. The van der Waals surface area contributed by atoms with Crippen LogP contribution >= 0.6 is 27.5 Å². The Morgan fingerprint density at radius 1 is 1.50 bits per heavy atom. The first-order valence-electron chi connectivity index (χ1n) is 4.80. The number of aliphatic hydroxyl groups is 1. The van der Waals surface area contributed by atoms with Crippen LogP contribution < -0.4 is 0 Å². The molecule has 0 unspecified atom stereocenters. The molecule has 1 aromatic rings. The fourth-order valence-corrected chi connectivity index (χ4v) is 1.74. The highest BCUT2D eigenvalue weighted by Crippen LogP contribution is 2.24. The van der Waals surface area contributed by atoms with E-state index >= 15 is 0 Å². The number of alkyl halides is 1. The summed E-state index contributed by atoms with van der Waals surface area (Å²) in [6, 6.07) is 6.65. The van der Waals surface area contributed by atoms with E-state index in [1.54, 1.807) is 31.2 Å². The zero-order chi connectivity index (χ0) is 12.1. The summed E-state index contributed by atoms with van der Waals surface area (Å²) in [7, 11) is 0. The summed E-state index contributed by atoms with van der Waals surface area (Å²) < 4.78 is 4.80. The van der Waals surface area contributed by atoms with E-state index in [0.717, 1.165) is 0 Å². The number of hydrogen-bond acceptors (Lipinski definition) is 3. The molecule has 1 aromatic carbocycles. The van der Waals surface area contributed by atoms with E-state index in [2.05, 4.69) is 15.9 Å². The van der Waals surface area contributed by atoms with Crippen LogP contribution in [-0.2, 0) is 9.53 Å². The number of benzene rings is 1. The molecule has 0 aliphatic rings. The van der Waals surface area contributed by atoms with E-state index < -0.39 is 16.9 Å².